The molecular weight excluding hydrogens is 328 g/mol. The van der Waals surface area contributed by atoms with E-state index in [1.54, 1.807) is 12.3 Å². The van der Waals surface area contributed by atoms with E-state index in [2.05, 4.69) is 15.2 Å². The first kappa shape index (κ1) is 16.8. The summed E-state index contributed by atoms with van der Waals surface area (Å²) in [4.78, 5) is 20.1. The molecule has 0 unspecified atom stereocenters. The van der Waals surface area contributed by atoms with E-state index >= 15 is 0 Å². The zero-order chi connectivity index (χ0) is 16.9. The van der Waals surface area contributed by atoms with Gasteiger partial charge in [-0.15, -0.1) is 0 Å². The molecule has 1 aromatic carbocycles. The van der Waals surface area contributed by atoms with Gasteiger partial charge in [0.15, 0.2) is 0 Å². The Morgan fingerprint density at radius 1 is 1.38 bits per heavy atom. The number of hydrogen-bond acceptors (Lipinski definition) is 4. The van der Waals surface area contributed by atoms with Gasteiger partial charge in [0.1, 0.15) is 0 Å². The van der Waals surface area contributed by atoms with Gasteiger partial charge in [-0.05, 0) is 43.0 Å². The van der Waals surface area contributed by atoms with Crippen LogP contribution in [-0.4, -0.2) is 48.6 Å². The molecule has 128 valence electrons. The normalized spacial score (nSPS) is 18.1. The van der Waals surface area contributed by atoms with Crippen LogP contribution in [0.3, 0.4) is 0 Å². The van der Waals surface area contributed by atoms with Crippen LogP contribution >= 0.6 is 11.6 Å². The van der Waals surface area contributed by atoms with E-state index in [1.807, 2.05) is 18.2 Å². The summed E-state index contributed by atoms with van der Waals surface area (Å²) < 4.78 is 0. The molecule has 24 heavy (non-hydrogen) atoms. The van der Waals surface area contributed by atoms with E-state index in [-0.39, 0.29) is 12.6 Å². The molecule has 3 rings (SSSR count). The number of rotatable bonds is 3. The van der Waals surface area contributed by atoms with Crippen molar-refractivity contribution in [3.63, 3.8) is 0 Å². The SMILES string of the molecule is O=C(Nc1cc(Cl)ccc1N1CCC(CO)CC1)N1C=NC=CC1. The highest BCUT2D eigenvalue weighted by atomic mass is 35.5. The zero-order valence-electron chi connectivity index (χ0n) is 13.4. The molecule has 2 aliphatic rings. The van der Waals surface area contributed by atoms with Crippen LogP contribution in [-0.2, 0) is 0 Å². The second-order valence-electron chi connectivity index (χ2n) is 6.01. The van der Waals surface area contributed by atoms with Crippen LogP contribution in [0.4, 0.5) is 16.2 Å². The molecule has 2 heterocycles. The first-order chi connectivity index (χ1) is 11.7. The van der Waals surface area contributed by atoms with Crippen LogP contribution in [0.1, 0.15) is 12.8 Å². The molecular formula is C17H21ClN4O2. The highest BCUT2D eigenvalue weighted by molar-refractivity contribution is 6.31. The summed E-state index contributed by atoms with van der Waals surface area (Å²) in [5.41, 5.74) is 1.64. The third kappa shape index (κ3) is 3.88. The fraction of sp³-hybridized carbons (Fsp3) is 0.412. The van der Waals surface area contributed by atoms with Crippen LogP contribution in [0.2, 0.25) is 5.02 Å². The Hall–Kier alpha value is -2.05. The first-order valence-corrected chi connectivity index (χ1v) is 8.46. The summed E-state index contributed by atoms with van der Waals surface area (Å²) in [6.45, 7) is 2.43. The summed E-state index contributed by atoms with van der Waals surface area (Å²) in [7, 11) is 0. The molecule has 0 saturated carbocycles. The van der Waals surface area contributed by atoms with E-state index in [1.165, 1.54) is 11.2 Å². The molecule has 1 saturated heterocycles. The van der Waals surface area contributed by atoms with Crippen LogP contribution in [0, 0.1) is 5.92 Å². The number of aliphatic hydroxyl groups excluding tert-OH is 1. The number of carbonyl (C=O) groups excluding carboxylic acids is 1. The summed E-state index contributed by atoms with van der Waals surface area (Å²) in [5.74, 6) is 0.364. The lowest BCUT2D eigenvalue weighted by molar-refractivity contribution is 0.203. The van der Waals surface area contributed by atoms with Crippen molar-refractivity contribution in [3.05, 3.63) is 35.5 Å². The molecule has 6 nitrogen and oxygen atoms in total. The lowest BCUT2D eigenvalue weighted by atomic mass is 9.97. The van der Waals surface area contributed by atoms with Gasteiger partial charge in [0.05, 0.1) is 17.7 Å². The predicted octanol–water partition coefficient (Wildman–Crippen LogP) is 2.94. The van der Waals surface area contributed by atoms with Crippen LogP contribution in [0.15, 0.2) is 35.5 Å². The van der Waals surface area contributed by atoms with E-state index < -0.39 is 0 Å². The second kappa shape index (κ2) is 7.68. The minimum Gasteiger partial charge on any atom is -0.396 e. The second-order valence-corrected chi connectivity index (χ2v) is 6.44. The fourth-order valence-corrected chi connectivity index (χ4v) is 3.12. The zero-order valence-corrected chi connectivity index (χ0v) is 14.1. The van der Waals surface area contributed by atoms with Gasteiger partial charge in [-0.3, -0.25) is 4.90 Å². The number of benzene rings is 1. The van der Waals surface area contributed by atoms with Crippen LogP contribution < -0.4 is 10.2 Å². The Morgan fingerprint density at radius 3 is 2.83 bits per heavy atom. The van der Waals surface area contributed by atoms with Crippen molar-refractivity contribution in [1.82, 2.24) is 4.90 Å². The monoisotopic (exact) mass is 348 g/mol. The van der Waals surface area contributed by atoms with Crippen molar-refractivity contribution in [2.75, 3.05) is 36.5 Å². The summed E-state index contributed by atoms with van der Waals surface area (Å²) in [6, 6.07) is 5.29. The van der Waals surface area contributed by atoms with Crippen molar-refractivity contribution in [2.45, 2.75) is 12.8 Å². The van der Waals surface area contributed by atoms with Crippen molar-refractivity contribution >= 4 is 35.3 Å². The molecule has 1 fully saturated rings. The molecule has 2 aliphatic heterocycles. The molecule has 1 aromatic rings. The summed E-state index contributed by atoms with van der Waals surface area (Å²) in [6.07, 6.45) is 6.87. The number of amides is 2. The Bertz CT molecular complexity index is 654. The quantitative estimate of drug-likeness (QED) is 0.882. The topological polar surface area (TPSA) is 68.2 Å². The molecule has 0 aliphatic carbocycles. The molecule has 0 aromatic heterocycles. The highest BCUT2D eigenvalue weighted by Gasteiger charge is 2.22. The van der Waals surface area contributed by atoms with Gasteiger partial charge in [-0.2, -0.15) is 0 Å². The molecule has 2 amide bonds. The van der Waals surface area contributed by atoms with Gasteiger partial charge in [0, 0.05) is 37.5 Å². The van der Waals surface area contributed by atoms with Crippen molar-refractivity contribution in [1.29, 1.82) is 0 Å². The summed E-state index contributed by atoms with van der Waals surface area (Å²) in [5, 5.41) is 12.8. The number of urea groups is 1. The van der Waals surface area contributed by atoms with E-state index in [0.717, 1.165) is 31.6 Å². The summed E-state index contributed by atoms with van der Waals surface area (Å²) >= 11 is 6.12. The van der Waals surface area contributed by atoms with Gasteiger partial charge in [0.2, 0.25) is 0 Å². The minimum absolute atomic E-state index is 0.236. The van der Waals surface area contributed by atoms with Gasteiger partial charge in [-0.25, -0.2) is 9.79 Å². The molecule has 0 bridgehead atoms. The number of anilines is 2. The van der Waals surface area contributed by atoms with Gasteiger partial charge in [0.25, 0.3) is 0 Å². The lowest BCUT2D eigenvalue weighted by Crippen LogP contribution is -2.37. The number of halogens is 1. The molecule has 0 atom stereocenters. The van der Waals surface area contributed by atoms with E-state index in [4.69, 9.17) is 11.6 Å². The molecule has 7 heteroatoms. The molecule has 2 N–H and O–H groups in total. The third-order valence-corrected chi connectivity index (χ3v) is 4.61. The minimum atomic E-state index is -0.239. The number of piperidine rings is 1. The van der Waals surface area contributed by atoms with Crippen molar-refractivity contribution in [2.24, 2.45) is 10.9 Å². The Morgan fingerprint density at radius 2 is 2.17 bits per heavy atom. The number of aliphatic hydroxyl groups is 1. The Kier molecular flexibility index (Phi) is 5.37. The van der Waals surface area contributed by atoms with E-state index in [9.17, 15) is 9.90 Å². The van der Waals surface area contributed by atoms with Gasteiger partial charge >= 0.3 is 6.03 Å². The van der Waals surface area contributed by atoms with Gasteiger partial charge in [-0.1, -0.05) is 11.6 Å². The smallest absolute Gasteiger partial charge is 0.327 e. The highest BCUT2D eigenvalue weighted by Crippen LogP contribution is 2.32. The van der Waals surface area contributed by atoms with Crippen LogP contribution in [0.25, 0.3) is 0 Å². The fourth-order valence-electron chi connectivity index (χ4n) is 2.95. The van der Waals surface area contributed by atoms with Gasteiger partial charge < -0.3 is 15.3 Å². The molecule has 0 radical (unpaired) electrons. The van der Waals surface area contributed by atoms with Crippen LogP contribution in [0.5, 0.6) is 0 Å². The largest absolute Gasteiger partial charge is 0.396 e. The Labute approximate surface area is 146 Å². The van der Waals surface area contributed by atoms with Crippen molar-refractivity contribution in [3.8, 4) is 0 Å². The first-order valence-electron chi connectivity index (χ1n) is 8.08. The number of carbonyl (C=O) groups is 1. The average Bonchev–Trinajstić information content (AvgIpc) is 2.63. The predicted molar refractivity (Wildman–Crippen MR) is 96.8 cm³/mol. The lowest BCUT2D eigenvalue weighted by Gasteiger charge is -2.34. The number of hydrogen-bond donors (Lipinski definition) is 2. The molecule has 0 spiro atoms. The van der Waals surface area contributed by atoms with E-state index in [0.29, 0.717) is 23.2 Å². The maximum Gasteiger partial charge on any atom is 0.327 e. The average molecular weight is 349 g/mol. The third-order valence-electron chi connectivity index (χ3n) is 4.37. The Balaban J connectivity index is 1.75. The number of nitrogens with zero attached hydrogens (tertiary/aromatic N) is 3. The number of aliphatic imine (C=N–C) groups is 1. The maximum atomic E-state index is 12.4. The van der Waals surface area contributed by atoms with Crippen molar-refractivity contribution < 1.29 is 9.90 Å². The number of nitrogens with one attached hydrogen (secondary N) is 1. The maximum absolute atomic E-state index is 12.4. The standard InChI is InChI=1S/C17H21ClN4O2/c18-14-2-3-16(21-8-4-13(11-23)5-9-21)15(10-14)20-17(24)22-7-1-6-19-12-22/h1-3,6,10,12-13,23H,4-5,7-9,11H2,(H,20,24).